The Hall–Kier alpha value is -4.41. The molecule has 0 spiro atoms. The Balaban J connectivity index is 1.67. The number of hydrogen-bond acceptors (Lipinski definition) is 10. The zero-order chi connectivity index (χ0) is 39.0. The Morgan fingerprint density at radius 3 is 1.98 bits per heavy atom. The van der Waals surface area contributed by atoms with Gasteiger partial charge < -0.3 is 28.0 Å². The second-order valence-electron chi connectivity index (χ2n) is 13.4. The van der Waals surface area contributed by atoms with Crippen LogP contribution in [-0.4, -0.2) is 72.1 Å². The van der Waals surface area contributed by atoms with Gasteiger partial charge in [-0.3, -0.25) is 14.3 Å². The molecule has 5 atom stereocenters. The number of ether oxygens (including phenoxy) is 4. The van der Waals surface area contributed by atoms with Gasteiger partial charge in [0.25, 0.3) is 14.1 Å². The molecule has 288 valence electrons. The molecular formula is C40H48FN4O8P. The minimum absolute atomic E-state index is 0.00924. The quantitative estimate of drug-likeness (QED) is 0.0698. The molecular weight excluding hydrogens is 714 g/mol. The number of H-pyrrole nitrogens is 1. The van der Waals surface area contributed by atoms with Crippen LogP contribution in [0.3, 0.4) is 0 Å². The Bertz CT molecular complexity index is 1910. The molecule has 54 heavy (non-hydrogen) atoms. The van der Waals surface area contributed by atoms with E-state index in [0.29, 0.717) is 28.2 Å². The van der Waals surface area contributed by atoms with Crippen LogP contribution < -0.4 is 20.7 Å². The molecule has 1 aliphatic rings. The number of aryl methyl sites for hydroxylation is 1. The molecule has 3 aromatic carbocycles. The van der Waals surface area contributed by atoms with Crippen molar-refractivity contribution in [1.29, 1.82) is 5.26 Å². The molecule has 14 heteroatoms. The highest BCUT2D eigenvalue weighted by Gasteiger charge is 2.53. The molecule has 0 radical (unpaired) electrons. The van der Waals surface area contributed by atoms with Crippen LogP contribution >= 0.6 is 8.53 Å². The number of alkyl halides is 1. The van der Waals surface area contributed by atoms with E-state index in [1.54, 1.807) is 14.2 Å². The van der Waals surface area contributed by atoms with Crippen molar-refractivity contribution in [3.63, 3.8) is 0 Å². The molecule has 1 N–H and O–H groups in total. The number of benzene rings is 3. The lowest BCUT2D eigenvalue weighted by atomic mass is 9.79. The molecule has 2 heterocycles. The summed E-state index contributed by atoms with van der Waals surface area (Å²) in [4.78, 5) is 27.8. The number of rotatable bonds is 17. The Morgan fingerprint density at radius 1 is 0.907 bits per heavy atom. The van der Waals surface area contributed by atoms with Crippen molar-refractivity contribution in [2.24, 2.45) is 0 Å². The molecule has 12 nitrogen and oxygen atoms in total. The summed E-state index contributed by atoms with van der Waals surface area (Å²) >= 11 is 0. The largest absolute Gasteiger partial charge is 0.497 e. The minimum atomic E-state index is -1.93. The van der Waals surface area contributed by atoms with Gasteiger partial charge in [0.05, 0.1) is 39.9 Å². The molecule has 1 aromatic heterocycles. The van der Waals surface area contributed by atoms with Gasteiger partial charge in [-0.05, 0) is 75.6 Å². The van der Waals surface area contributed by atoms with Gasteiger partial charge in [0, 0.05) is 23.8 Å². The zero-order valence-electron chi connectivity index (χ0n) is 31.6. The van der Waals surface area contributed by atoms with Gasteiger partial charge in [0.15, 0.2) is 12.4 Å². The maximum atomic E-state index is 17.4. The van der Waals surface area contributed by atoms with Crippen LogP contribution in [0.1, 0.15) is 62.6 Å². The predicted molar refractivity (Wildman–Crippen MR) is 203 cm³/mol. The number of aromatic nitrogens is 2. The third kappa shape index (κ3) is 8.76. The fourth-order valence-corrected chi connectivity index (χ4v) is 8.27. The maximum absolute atomic E-state index is 17.4. The van der Waals surface area contributed by atoms with Crippen LogP contribution in [0.15, 0.2) is 94.6 Å². The average molecular weight is 763 g/mol. The van der Waals surface area contributed by atoms with E-state index in [1.165, 1.54) is 13.1 Å². The van der Waals surface area contributed by atoms with E-state index >= 15 is 4.39 Å². The molecule has 0 bridgehead atoms. The molecule has 1 aliphatic heterocycles. The highest BCUT2D eigenvalue weighted by atomic mass is 31.2. The number of methoxy groups -OCH3 is 2. The molecule has 1 unspecified atom stereocenters. The van der Waals surface area contributed by atoms with Gasteiger partial charge >= 0.3 is 5.69 Å². The second kappa shape index (κ2) is 18.3. The Labute approximate surface area is 316 Å². The van der Waals surface area contributed by atoms with Crippen LogP contribution in [0, 0.1) is 18.3 Å². The summed E-state index contributed by atoms with van der Waals surface area (Å²) in [6.07, 6.45) is -4.41. The van der Waals surface area contributed by atoms with E-state index in [4.69, 9.17) is 28.0 Å². The van der Waals surface area contributed by atoms with E-state index < -0.39 is 50.0 Å². The SMILES string of the molecule is COc1ccc(C(O[C@H]2[C@@H](F)[C@H](n3cc(C)c(=O)[nH]c3=O)O[C@@H]2COP(OCCC#N)N(C(C)C)C(C)C)(c2ccccc2)c2ccc(OC)cc2)cc1. The number of nitrogens with zero attached hydrogens (tertiary/aromatic N) is 3. The summed E-state index contributed by atoms with van der Waals surface area (Å²) in [6, 6.07) is 26.3. The topological polar surface area (TPSA) is 137 Å². The van der Waals surface area contributed by atoms with Crippen LogP contribution in [0.25, 0.3) is 0 Å². The maximum Gasteiger partial charge on any atom is 0.330 e. The lowest BCUT2D eigenvalue weighted by Gasteiger charge is -2.40. The summed E-state index contributed by atoms with van der Waals surface area (Å²) in [5.41, 5.74) is -0.613. The van der Waals surface area contributed by atoms with Gasteiger partial charge in [0.2, 0.25) is 0 Å². The number of aromatic amines is 1. The molecule has 1 fully saturated rings. The third-order valence-electron chi connectivity index (χ3n) is 9.18. The lowest BCUT2D eigenvalue weighted by Crippen LogP contribution is -2.45. The smallest absolute Gasteiger partial charge is 0.330 e. The summed E-state index contributed by atoms with van der Waals surface area (Å²) in [5, 5.41) is 9.23. The lowest BCUT2D eigenvalue weighted by molar-refractivity contribution is -0.103. The van der Waals surface area contributed by atoms with Crippen LogP contribution in [0.5, 0.6) is 11.5 Å². The molecule has 5 rings (SSSR count). The van der Waals surface area contributed by atoms with Gasteiger partial charge in [0.1, 0.15) is 29.3 Å². The number of nitriles is 1. The molecule has 4 aromatic rings. The fourth-order valence-electron chi connectivity index (χ4n) is 6.65. The minimum Gasteiger partial charge on any atom is -0.497 e. The molecule has 0 saturated carbocycles. The summed E-state index contributed by atoms with van der Waals surface area (Å²) < 4.78 is 57.8. The Kier molecular flexibility index (Phi) is 13.8. The molecule has 0 aliphatic carbocycles. The number of halogens is 1. The van der Waals surface area contributed by atoms with E-state index in [2.05, 4.69) is 15.7 Å². The van der Waals surface area contributed by atoms with Crippen molar-refractivity contribution < 1.29 is 32.4 Å². The summed E-state index contributed by atoms with van der Waals surface area (Å²) in [7, 11) is 1.41. The number of nitrogens with one attached hydrogen (secondary N) is 1. The van der Waals surface area contributed by atoms with Crippen molar-refractivity contribution in [2.75, 3.05) is 27.4 Å². The first-order valence-corrected chi connectivity index (χ1v) is 18.9. The number of hydrogen-bond donors (Lipinski definition) is 1. The predicted octanol–water partition coefficient (Wildman–Crippen LogP) is 6.77. The Morgan fingerprint density at radius 2 is 1.46 bits per heavy atom. The average Bonchev–Trinajstić information content (AvgIpc) is 3.47. The molecule has 1 saturated heterocycles. The van der Waals surface area contributed by atoms with Gasteiger partial charge in [-0.1, -0.05) is 54.6 Å². The first-order valence-electron chi connectivity index (χ1n) is 17.8. The third-order valence-corrected chi connectivity index (χ3v) is 11.3. The van der Waals surface area contributed by atoms with E-state index in [-0.39, 0.29) is 37.3 Å². The van der Waals surface area contributed by atoms with Crippen molar-refractivity contribution in [3.05, 3.63) is 128 Å². The van der Waals surface area contributed by atoms with Gasteiger partial charge in [-0.15, -0.1) is 0 Å². The van der Waals surface area contributed by atoms with E-state index in [9.17, 15) is 14.9 Å². The summed E-state index contributed by atoms with van der Waals surface area (Å²) in [6.45, 7) is 9.53. The van der Waals surface area contributed by atoms with Crippen molar-refractivity contribution >= 4 is 8.53 Å². The van der Waals surface area contributed by atoms with Crippen LogP contribution in [0.4, 0.5) is 4.39 Å². The zero-order valence-corrected chi connectivity index (χ0v) is 32.5. The summed E-state index contributed by atoms with van der Waals surface area (Å²) in [5.74, 6) is 1.23. The molecule has 0 amide bonds. The first-order chi connectivity index (χ1) is 25.9. The van der Waals surface area contributed by atoms with Crippen LogP contribution in [0.2, 0.25) is 0 Å². The monoisotopic (exact) mass is 762 g/mol. The van der Waals surface area contributed by atoms with E-state index in [1.807, 2.05) is 107 Å². The standard InChI is InChI=1S/C40H48FN4O8P/c1-26(2)45(27(3)4)54(50-23-11-22-42)51-25-34-36(35(41)38(52-34)44-24-28(5)37(46)43-39(44)47)53-40(29-12-9-8-10-13-29,30-14-18-32(48-6)19-15-30)31-16-20-33(49-7)21-17-31/h8-10,12-21,24,26-27,34-36,38H,11,23,25H2,1-7H3,(H,43,46,47)/t34-,35-,36-,38-,54?/m1/s1. The highest BCUT2D eigenvalue weighted by Crippen LogP contribution is 2.49. The second-order valence-corrected chi connectivity index (χ2v) is 14.9. The van der Waals surface area contributed by atoms with Crippen LogP contribution in [-0.2, 0) is 24.1 Å². The van der Waals surface area contributed by atoms with Crippen molar-refractivity contribution in [2.45, 2.75) is 83.3 Å². The fraction of sp³-hybridized carbons (Fsp3) is 0.425. The van der Waals surface area contributed by atoms with E-state index in [0.717, 1.165) is 4.57 Å². The van der Waals surface area contributed by atoms with Crippen molar-refractivity contribution in [3.8, 4) is 17.6 Å². The van der Waals surface area contributed by atoms with Crippen molar-refractivity contribution in [1.82, 2.24) is 14.2 Å². The highest BCUT2D eigenvalue weighted by molar-refractivity contribution is 7.44. The van der Waals surface area contributed by atoms with Gasteiger partial charge in [-0.2, -0.15) is 5.26 Å². The normalized spacial score (nSPS) is 19.3. The first kappa shape index (κ1) is 40.8. The van der Waals surface area contributed by atoms with Gasteiger partial charge in [-0.25, -0.2) is 13.9 Å².